The van der Waals surface area contributed by atoms with Crippen LogP contribution in [-0.4, -0.2) is 17.4 Å². The van der Waals surface area contributed by atoms with Gasteiger partial charge in [0.05, 0.1) is 22.2 Å². The summed E-state index contributed by atoms with van der Waals surface area (Å²) in [6.07, 6.45) is 3.61. The second-order valence-corrected chi connectivity index (χ2v) is 7.63. The molecule has 0 bridgehead atoms. The zero-order valence-corrected chi connectivity index (χ0v) is 17.4. The van der Waals surface area contributed by atoms with Crippen LogP contribution in [0.2, 0.25) is 10.0 Å². The molecule has 1 aliphatic heterocycles. The second-order valence-electron chi connectivity index (χ2n) is 6.81. The lowest BCUT2D eigenvalue weighted by Crippen LogP contribution is -2.36. The Bertz CT molecular complexity index is 1170. The molecule has 0 spiro atoms. The number of anilines is 1. The topological polar surface area (TPSA) is 82.8 Å². The number of nitriles is 1. The molecule has 0 saturated heterocycles. The van der Waals surface area contributed by atoms with Gasteiger partial charge in [-0.25, -0.2) is 0 Å². The fourth-order valence-corrected chi connectivity index (χ4v) is 4.00. The van der Waals surface area contributed by atoms with Gasteiger partial charge in [-0.1, -0.05) is 42.3 Å². The number of benzene rings is 2. The number of carbonyl (C=O) groups excluding carboxylic acids is 2. The Morgan fingerprint density at radius 1 is 1.20 bits per heavy atom. The van der Waals surface area contributed by atoms with Crippen molar-refractivity contribution in [2.75, 3.05) is 5.01 Å². The van der Waals surface area contributed by atoms with Crippen molar-refractivity contribution in [2.24, 2.45) is 5.10 Å². The standard InChI is InChI=1S/C22H15Cl2N3O3/c1-2-12-3-4-13-5-6-15(9-16(12)13)30-22-17(23)7-14(8-18(22)24)27-21(29)10-20(28)19(11-25)26-27/h3,5-9H,2,4,10H2,1H3. The predicted molar refractivity (Wildman–Crippen MR) is 115 cm³/mol. The molecule has 0 saturated carbocycles. The van der Waals surface area contributed by atoms with E-state index in [1.54, 1.807) is 6.07 Å². The first-order valence-corrected chi connectivity index (χ1v) is 10.0. The fraction of sp³-hybridized carbons (Fsp3) is 0.182. The summed E-state index contributed by atoms with van der Waals surface area (Å²) in [6.45, 7) is 2.11. The van der Waals surface area contributed by atoms with E-state index < -0.39 is 18.1 Å². The molecule has 1 heterocycles. The molecule has 4 rings (SSSR count). The van der Waals surface area contributed by atoms with Gasteiger partial charge in [0.2, 0.25) is 11.5 Å². The van der Waals surface area contributed by atoms with Gasteiger partial charge in [0, 0.05) is 0 Å². The summed E-state index contributed by atoms with van der Waals surface area (Å²) in [6, 6.07) is 10.4. The van der Waals surface area contributed by atoms with Crippen molar-refractivity contribution < 1.29 is 14.3 Å². The van der Waals surface area contributed by atoms with E-state index >= 15 is 0 Å². The zero-order chi connectivity index (χ0) is 21.4. The molecule has 0 atom stereocenters. The minimum absolute atomic E-state index is 0.169. The molecule has 0 N–H and O–H groups in total. The monoisotopic (exact) mass is 439 g/mol. The van der Waals surface area contributed by atoms with Gasteiger partial charge in [0.25, 0.3) is 5.91 Å². The van der Waals surface area contributed by atoms with E-state index in [9.17, 15) is 9.59 Å². The van der Waals surface area contributed by atoms with Crippen LogP contribution in [-0.2, 0) is 16.0 Å². The van der Waals surface area contributed by atoms with E-state index in [1.807, 2.05) is 18.2 Å². The minimum Gasteiger partial charge on any atom is -0.454 e. The van der Waals surface area contributed by atoms with Crippen molar-refractivity contribution in [1.82, 2.24) is 0 Å². The summed E-state index contributed by atoms with van der Waals surface area (Å²) >= 11 is 12.8. The third kappa shape index (κ3) is 3.58. The van der Waals surface area contributed by atoms with Gasteiger partial charge < -0.3 is 4.74 Å². The van der Waals surface area contributed by atoms with Crippen molar-refractivity contribution >= 4 is 51.9 Å². The third-order valence-corrected chi connectivity index (χ3v) is 5.50. The van der Waals surface area contributed by atoms with Gasteiger partial charge >= 0.3 is 0 Å². The molecular formula is C22H15Cl2N3O3. The molecule has 2 aromatic carbocycles. The molecule has 0 radical (unpaired) electrons. The highest BCUT2D eigenvalue weighted by molar-refractivity contribution is 6.50. The first kappa shape index (κ1) is 20.1. The summed E-state index contributed by atoms with van der Waals surface area (Å²) in [5, 5.41) is 14.1. The summed E-state index contributed by atoms with van der Waals surface area (Å²) in [5.41, 5.74) is 3.57. The van der Waals surface area contributed by atoms with Crippen molar-refractivity contribution in [3.63, 3.8) is 0 Å². The van der Waals surface area contributed by atoms with E-state index in [-0.39, 0.29) is 27.2 Å². The summed E-state index contributed by atoms with van der Waals surface area (Å²) in [5.74, 6) is -0.353. The highest BCUT2D eigenvalue weighted by Crippen LogP contribution is 2.41. The van der Waals surface area contributed by atoms with Crippen LogP contribution < -0.4 is 9.75 Å². The molecule has 0 fully saturated rings. The Kier molecular flexibility index (Phi) is 5.33. The largest absolute Gasteiger partial charge is 0.454 e. The summed E-state index contributed by atoms with van der Waals surface area (Å²) in [4.78, 5) is 23.9. The van der Waals surface area contributed by atoms with E-state index in [0.29, 0.717) is 5.75 Å². The summed E-state index contributed by atoms with van der Waals surface area (Å²) in [7, 11) is 0. The van der Waals surface area contributed by atoms with Gasteiger partial charge in [-0.15, -0.1) is 0 Å². The number of amides is 1. The Balaban J connectivity index is 1.66. The molecule has 0 unspecified atom stereocenters. The van der Waals surface area contributed by atoms with Crippen LogP contribution in [0, 0.1) is 11.3 Å². The number of nitrogens with zero attached hydrogens (tertiary/aromatic N) is 3. The molecule has 1 amide bonds. The number of allylic oxidation sites excluding steroid dienone is 2. The fourth-order valence-electron chi connectivity index (χ4n) is 3.45. The Hall–Kier alpha value is -3.14. The molecule has 150 valence electrons. The van der Waals surface area contributed by atoms with Gasteiger partial charge in [-0.3, -0.25) is 9.59 Å². The van der Waals surface area contributed by atoms with Gasteiger partial charge in [-0.2, -0.15) is 15.4 Å². The quantitative estimate of drug-likeness (QED) is 0.603. The first-order chi connectivity index (χ1) is 14.4. The SMILES string of the molecule is CCC1=CCc2ccc(Oc3c(Cl)cc(N4N=C(C#N)C(=O)CC4=O)cc3Cl)cc21. The van der Waals surface area contributed by atoms with Crippen molar-refractivity contribution in [3.05, 3.63) is 57.6 Å². The number of ether oxygens (including phenoxy) is 1. The number of hydrazone groups is 1. The second kappa shape index (κ2) is 7.94. The van der Waals surface area contributed by atoms with Crippen LogP contribution in [0.1, 0.15) is 30.9 Å². The Morgan fingerprint density at radius 2 is 1.93 bits per heavy atom. The van der Waals surface area contributed by atoms with E-state index in [2.05, 4.69) is 18.1 Å². The van der Waals surface area contributed by atoms with Crippen LogP contribution in [0.15, 0.2) is 41.5 Å². The average molecular weight is 440 g/mol. The first-order valence-electron chi connectivity index (χ1n) is 9.25. The van der Waals surface area contributed by atoms with E-state index in [4.69, 9.17) is 33.2 Å². The maximum absolute atomic E-state index is 12.2. The normalized spacial score (nSPS) is 15.5. The number of carbonyl (C=O) groups is 2. The highest BCUT2D eigenvalue weighted by atomic mass is 35.5. The number of halogens is 2. The number of hydrogen-bond donors (Lipinski definition) is 0. The van der Waals surface area contributed by atoms with Gasteiger partial charge in [-0.05, 0) is 53.8 Å². The Labute approximate surface area is 182 Å². The predicted octanol–water partition coefficient (Wildman–Crippen LogP) is 5.32. The maximum Gasteiger partial charge on any atom is 0.255 e. The number of fused-ring (bicyclic) bond motifs is 1. The number of rotatable bonds is 4. The van der Waals surface area contributed by atoms with E-state index in [0.717, 1.165) is 23.4 Å². The smallest absolute Gasteiger partial charge is 0.255 e. The molecule has 8 heteroatoms. The third-order valence-electron chi connectivity index (χ3n) is 4.94. The molecular weight excluding hydrogens is 425 g/mol. The molecule has 30 heavy (non-hydrogen) atoms. The van der Waals surface area contributed by atoms with Crippen molar-refractivity contribution in [2.45, 2.75) is 26.2 Å². The Morgan fingerprint density at radius 3 is 2.60 bits per heavy atom. The number of Topliss-reactive ketones (excluding diaryl/α,β-unsaturated/α-hetero) is 1. The van der Waals surface area contributed by atoms with Crippen LogP contribution in [0.25, 0.3) is 5.57 Å². The lowest BCUT2D eigenvalue weighted by Gasteiger charge is -2.22. The lowest BCUT2D eigenvalue weighted by molar-refractivity contribution is -0.124. The molecule has 2 aliphatic rings. The number of hydrogen-bond acceptors (Lipinski definition) is 5. The molecule has 2 aromatic rings. The molecule has 1 aliphatic carbocycles. The summed E-state index contributed by atoms with van der Waals surface area (Å²) < 4.78 is 5.95. The zero-order valence-electron chi connectivity index (χ0n) is 15.9. The van der Waals surface area contributed by atoms with E-state index in [1.165, 1.54) is 23.3 Å². The van der Waals surface area contributed by atoms with Crippen LogP contribution in [0.3, 0.4) is 0 Å². The minimum atomic E-state index is -0.618. The van der Waals surface area contributed by atoms with Crippen molar-refractivity contribution in [3.8, 4) is 17.6 Å². The van der Waals surface area contributed by atoms with Crippen LogP contribution >= 0.6 is 23.2 Å². The average Bonchev–Trinajstić information content (AvgIpc) is 3.13. The van der Waals surface area contributed by atoms with Gasteiger partial charge in [0.15, 0.2) is 5.75 Å². The molecule has 0 aromatic heterocycles. The number of ketones is 1. The van der Waals surface area contributed by atoms with Gasteiger partial charge in [0.1, 0.15) is 11.8 Å². The van der Waals surface area contributed by atoms with Crippen LogP contribution in [0.4, 0.5) is 5.69 Å². The van der Waals surface area contributed by atoms with Crippen molar-refractivity contribution in [1.29, 1.82) is 5.26 Å². The molecule has 6 nitrogen and oxygen atoms in total. The maximum atomic E-state index is 12.2. The highest BCUT2D eigenvalue weighted by Gasteiger charge is 2.29. The van der Waals surface area contributed by atoms with Crippen LogP contribution in [0.5, 0.6) is 11.5 Å². The lowest BCUT2D eigenvalue weighted by atomic mass is 10.0.